The number of nitrogens with zero attached hydrogens (tertiary/aromatic N) is 2. The summed E-state index contributed by atoms with van der Waals surface area (Å²) in [7, 11) is -3.39. The van der Waals surface area contributed by atoms with Crippen LogP contribution in [-0.4, -0.2) is 32.5 Å². The van der Waals surface area contributed by atoms with E-state index in [-0.39, 0.29) is 43.4 Å². The van der Waals surface area contributed by atoms with Crippen LogP contribution in [0.2, 0.25) is 0 Å². The number of sulfonamides is 1. The average molecular weight is 443 g/mol. The van der Waals surface area contributed by atoms with Gasteiger partial charge in [-0.2, -0.15) is 5.26 Å². The monoisotopic (exact) mass is 442 g/mol. The van der Waals surface area contributed by atoms with Crippen molar-refractivity contribution in [2.75, 3.05) is 27.2 Å². The first-order valence-electron chi connectivity index (χ1n) is 9.89. The first-order chi connectivity index (χ1) is 14.8. The van der Waals surface area contributed by atoms with Crippen LogP contribution in [0.15, 0.2) is 48.5 Å². The molecule has 0 aliphatic carbocycles. The Kier molecular flexibility index (Phi) is 8.58. The van der Waals surface area contributed by atoms with E-state index in [1.807, 2.05) is 12.1 Å². The van der Waals surface area contributed by atoms with E-state index in [9.17, 15) is 18.0 Å². The maximum Gasteiger partial charge on any atom is 0.232 e. The summed E-state index contributed by atoms with van der Waals surface area (Å²) in [6.07, 6.45) is 0.178. The Labute approximate surface area is 182 Å². The van der Waals surface area contributed by atoms with Crippen LogP contribution in [0, 0.1) is 18.3 Å². The third-order valence-corrected chi connectivity index (χ3v) is 5.83. The molecule has 2 N–H and O–H groups in total. The fourth-order valence-electron chi connectivity index (χ4n) is 2.84. The van der Waals surface area contributed by atoms with Crippen molar-refractivity contribution < 1.29 is 18.0 Å². The summed E-state index contributed by atoms with van der Waals surface area (Å²) < 4.78 is 25.9. The third kappa shape index (κ3) is 7.42. The van der Waals surface area contributed by atoms with Crippen LogP contribution < -0.4 is 14.9 Å². The van der Waals surface area contributed by atoms with Gasteiger partial charge in [0.05, 0.1) is 23.9 Å². The number of amides is 2. The lowest BCUT2D eigenvalue weighted by molar-refractivity contribution is -0.122. The molecule has 0 saturated heterocycles. The van der Waals surface area contributed by atoms with Crippen molar-refractivity contribution in [1.82, 2.24) is 0 Å². The molecule has 8 nitrogen and oxygen atoms in total. The Bertz CT molecular complexity index is 1060. The van der Waals surface area contributed by atoms with Gasteiger partial charge >= 0.3 is 0 Å². The first kappa shape index (κ1) is 23.9. The molecule has 0 atom stereocenters. The van der Waals surface area contributed by atoms with E-state index in [1.54, 1.807) is 56.3 Å². The minimum absolute atomic E-state index is 0.000475. The number of carbonyl (C=O) groups is 2. The van der Waals surface area contributed by atoms with Crippen molar-refractivity contribution in [1.29, 1.82) is 5.26 Å². The van der Waals surface area contributed by atoms with Crippen molar-refractivity contribution in [3.63, 3.8) is 0 Å². The van der Waals surface area contributed by atoms with Crippen LogP contribution >= 0.6 is 0 Å². The van der Waals surface area contributed by atoms with Gasteiger partial charge in [-0.05, 0) is 49.7 Å². The van der Waals surface area contributed by atoms with Gasteiger partial charge in [0.2, 0.25) is 21.8 Å². The summed E-state index contributed by atoms with van der Waals surface area (Å²) >= 11 is 0. The second-order valence-electron chi connectivity index (χ2n) is 6.87. The zero-order chi connectivity index (χ0) is 22.9. The first-order valence-corrected chi connectivity index (χ1v) is 11.5. The molecule has 0 aliphatic heterocycles. The van der Waals surface area contributed by atoms with Gasteiger partial charge < -0.3 is 10.2 Å². The Balaban J connectivity index is 1.97. The summed E-state index contributed by atoms with van der Waals surface area (Å²) in [6, 6.07) is 15.9. The van der Waals surface area contributed by atoms with Gasteiger partial charge in [-0.25, -0.2) is 8.42 Å². The lowest BCUT2D eigenvalue weighted by Gasteiger charge is -2.21. The molecule has 9 heteroatoms. The van der Waals surface area contributed by atoms with Gasteiger partial charge in [0.25, 0.3) is 0 Å². The van der Waals surface area contributed by atoms with Crippen LogP contribution in [0.4, 0.5) is 17.1 Å². The molecule has 0 radical (unpaired) electrons. The van der Waals surface area contributed by atoms with E-state index in [2.05, 4.69) is 10.0 Å². The topological polar surface area (TPSA) is 119 Å². The molecule has 0 heterocycles. The molecule has 31 heavy (non-hydrogen) atoms. The van der Waals surface area contributed by atoms with Crippen LogP contribution in [-0.2, 0) is 19.6 Å². The summed E-state index contributed by atoms with van der Waals surface area (Å²) in [5.74, 6) is -0.604. The highest BCUT2D eigenvalue weighted by molar-refractivity contribution is 7.92. The number of para-hydroxylation sites is 1. The fraction of sp³-hybridized carbons (Fsp3) is 0.318. The number of hydrogen-bond donors (Lipinski definition) is 2. The maximum atomic E-state index is 12.6. The Morgan fingerprint density at radius 2 is 1.81 bits per heavy atom. The molecule has 0 fully saturated rings. The van der Waals surface area contributed by atoms with Crippen molar-refractivity contribution >= 4 is 38.9 Å². The number of nitriles is 1. The van der Waals surface area contributed by atoms with Gasteiger partial charge in [-0.15, -0.1) is 0 Å². The lowest BCUT2D eigenvalue weighted by Crippen LogP contribution is -2.32. The fourth-order valence-corrected chi connectivity index (χ4v) is 3.55. The molecule has 0 saturated carbocycles. The van der Waals surface area contributed by atoms with Crippen molar-refractivity contribution in [3.8, 4) is 6.07 Å². The summed E-state index contributed by atoms with van der Waals surface area (Å²) in [5.41, 5.74) is 2.31. The van der Waals surface area contributed by atoms with Crippen LogP contribution in [0.25, 0.3) is 0 Å². The molecular weight excluding hydrogens is 416 g/mol. The normalized spacial score (nSPS) is 10.7. The van der Waals surface area contributed by atoms with E-state index in [4.69, 9.17) is 5.26 Å². The zero-order valence-corrected chi connectivity index (χ0v) is 18.4. The molecule has 0 spiro atoms. The van der Waals surface area contributed by atoms with Crippen molar-refractivity contribution in [2.45, 2.75) is 33.1 Å². The molecule has 2 aromatic carbocycles. The zero-order valence-electron chi connectivity index (χ0n) is 17.6. The number of carbonyl (C=O) groups excluding carboxylic acids is 2. The number of benzene rings is 2. The number of anilines is 3. The van der Waals surface area contributed by atoms with E-state index in [0.717, 1.165) is 0 Å². The predicted octanol–water partition coefficient (Wildman–Crippen LogP) is 3.42. The van der Waals surface area contributed by atoms with Gasteiger partial charge in [0.1, 0.15) is 0 Å². The van der Waals surface area contributed by atoms with Crippen molar-refractivity contribution in [3.05, 3.63) is 54.1 Å². The van der Waals surface area contributed by atoms with E-state index < -0.39 is 10.0 Å². The number of hydrogen-bond acceptors (Lipinski definition) is 5. The van der Waals surface area contributed by atoms with Crippen LogP contribution in [0.5, 0.6) is 0 Å². The molecule has 2 rings (SSSR count). The minimum atomic E-state index is -3.39. The Hall–Kier alpha value is -3.38. The van der Waals surface area contributed by atoms with Gasteiger partial charge in [0, 0.05) is 30.8 Å². The van der Waals surface area contributed by atoms with Crippen LogP contribution in [0.3, 0.4) is 0 Å². The highest BCUT2D eigenvalue weighted by Gasteiger charge is 2.17. The molecule has 0 aliphatic rings. The van der Waals surface area contributed by atoms with Crippen molar-refractivity contribution in [2.24, 2.45) is 0 Å². The summed E-state index contributed by atoms with van der Waals surface area (Å²) in [6.45, 7) is 3.54. The third-order valence-electron chi connectivity index (χ3n) is 4.54. The van der Waals surface area contributed by atoms with Gasteiger partial charge in [0.15, 0.2) is 0 Å². The quantitative estimate of drug-likeness (QED) is 0.584. The molecule has 2 aromatic rings. The second-order valence-corrected chi connectivity index (χ2v) is 8.88. The van der Waals surface area contributed by atoms with E-state index >= 15 is 0 Å². The SMILES string of the molecule is CCS(=O)(=O)Nc1ccc(NC(=O)CCC(=O)N(CCC#N)c2ccccc2)cc1C. The molecule has 2 amide bonds. The largest absolute Gasteiger partial charge is 0.326 e. The van der Waals surface area contributed by atoms with E-state index in [1.165, 1.54) is 4.90 Å². The molecular formula is C22H26N4O4S. The predicted molar refractivity (Wildman–Crippen MR) is 121 cm³/mol. The molecule has 0 unspecified atom stereocenters. The van der Waals surface area contributed by atoms with Gasteiger partial charge in [-0.3, -0.25) is 14.3 Å². The maximum absolute atomic E-state index is 12.6. The number of nitrogens with one attached hydrogen (secondary N) is 2. The summed E-state index contributed by atoms with van der Waals surface area (Å²) in [4.78, 5) is 26.5. The Morgan fingerprint density at radius 1 is 1.10 bits per heavy atom. The standard InChI is InChI=1S/C22H26N4O4S/c1-3-31(29,30)25-20-11-10-18(16-17(20)2)24-21(27)12-13-22(28)26(15-7-14-23)19-8-5-4-6-9-19/h4-6,8-11,16,25H,3,7,12-13,15H2,1-2H3,(H,24,27). The molecule has 0 aromatic heterocycles. The Morgan fingerprint density at radius 3 is 2.42 bits per heavy atom. The van der Waals surface area contributed by atoms with Crippen LogP contribution in [0.1, 0.15) is 31.7 Å². The van der Waals surface area contributed by atoms with E-state index in [0.29, 0.717) is 22.6 Å². The molecule has 0 bridgehead atoms. The average Bonchev–Trinajstić information content (AvgIpc) is 2.75. The lowest BCUT2D eigenvalue weighted by atomic mass is 10.1. The highest BCUT2D eigenvalue weighted by atomic mass is 32.2. The van der Waals surface area contributed by atoms with Gasteiger partial charge in [-0.1, -0.05) is 18.2 Å². The number of aryl methyl sites for hydroxylation is 1. The smallest absolute Gasteiger partial charge is 0.232 e. The summed E-state index contributed by atoms with van der Waals surface area (Å²) in [5, 5.41) is 11.6. The minimum Gasteiger partial charge on any atom is -0.326 e. The highest BCUT2D eigenvalue weighted by Crippen LogP contribution is 2.21. The second kappa shape index (κ2) is 11.1. The number of rotatable bonds is 10. The molecule has 164 valence electrons.